The Morgan fingerprint density at radius 2 is 1.94 bits per heavy atom. The van der Waals surface area contributed by atoms with Crippen molar-refractivity contribution in [3.63, 3.8) is 0 Å². The van der Waals surface area contributed by atoms with Gasteiger partial charge in [0.05, 0.1) is 13.1 Å². The molecule has 3 rings (SSSR count). The molecule has 4 N–H and O–H groups in total. The van der Waals surface area contributed by atoms with E-state index in [1.54, 1.807) is 4.90 Å². The normalized spacial score (nSPS) is 40.4. The smallest absolute Gasteiger partial charge is 0.317 e. The highest BCUT2D eigenvalue weighted by Crippen LogP contribution is 2.59. The quantitative estimate of drug-likeness (QED) is 0.661. The summed E-state index contributed by atoms with van der Waals surface area (Å²) in [7, 11) is 0. The minimum atomic E-state index is -0.684. The average molecular weight is 253 g/mol. The van der Waals surface area contributed by atoms with E-state index in [1.807, 2.05) is 13.8 Å². The van der Waals surface area contributed by atoms with E-state index < -0.39 is 5.60 Å². The van der Waals surface area contributed by atoms with Crippen molar-refractivity contribution in [2.75, 3.05) is 13.1 Å². The van der Waals surface area contributed by atoms with Gasteiger partial charge in [-0.15, -0.1) is 0 Å². The first kappa shape index (κ1) is 12.2. The molecule has 3 aliphatic rings. The van der Waals surface area contributed by atoms with E-state index in [0.29, 0.717) is 30.6 Å². The largest absolute Gasteiger partial charge is 0.386 e. The minimum Gasteiger partial charge on any atom is -0.386 e. The number of β-amino-alcohol motifs (C(OH)–C–C–N with tert-alkyl or cyclic N) is 1. The number of aliphatic hydroxyl groups is 1. The Hall–Kier alpha value is -0.810. The lowest BCUT2D eigenvalue weighted by molar-refractivity contribution is -0.108. The molecule has 18 heavy (non-hydrogen) atoms. The summed E-state index contributed by atoms with van der Waals surface area (Å²) in [5.41, 5.74) is 5.55. The van der Waals surface area contributed by atoms with Crippen LogP contribution in [0.4, 0.5) is 4.79 Å². The van der Waals surface area contributed by atoms with Crippen LogP contribution in [0.3, 0.4) is 0 Å². The Kier molecular flexibility index (Phi) is 2.45. The van der Waals surface area contributed by atoms with Crippen molar-refractivity contribution in [2.24, 2.45) is 17.1 Å². The van der Waals surface area contributed by atoms with Crippen LogP contribution in [0.5, 0.6) is 0 Å². The molecule has 2 amide bonds. The minimum absolute atomic E-state index is 0.0330. The van der Waals surface area contributed by atoms with Gasteiger partial charge < -0.3 is 21.1 Å². The first-order valence-corrected chi connectivity index (χ1v) is 6.88. The Bertz CT molecular complexity index is 370. The Balaban J connectivity index is 1.42. The number of hydrogen-bond acceptors (Lipinski definition) is 3. The third-order valence-electron chi connectivity index (χ3n) is 5.18. The van der Waals surface area contributed by atoms with Gasteiger partial charge in [-0.05, 0) is 30.6 Å². The molecule has 2 saturated carbocycles. The van der Waals surface area contributed by atoms with Crippen LogP contribution < -0.4 is 11.1 Å². The van der Waals surface area contributed by atoms with E-state index in [4.69, 9.17) is 5.73 Å². The maximum atomic E-state index is 11.9. The SMILES string of the molecule is CC(C)C1(O)CN(C(=O)NC2CC3(C2)CC3N)C1. The van der Waals surface area contributed by atoms with Gasteiger partial charge in [0, 0.05) is 12.1 Å². The molecule has 1 unspecified atom stereocenters. The third-order valence-corrected chi connectivity index (χ3v) is 5.18. The molecule has 2 aliphatic carbocycles. The van der Waals surface area contributed by atoms with Gasteiger partial charge >= 0.3 is 6.03 Å². The number of urea groups is 1. The molecular weight excluding hydrogens is 230 g/mol. The van der Waals surface area contributed by atoms with Crippen molar-refractivity contribution in [1.29, 1.82) is 0 Å². The van der Waals surface area contributed by atoms with Crippen molar-refractivity contribution in [3.8, 4) is 0 Å². The first-order chi connectivity index (χ1) is 8.35. The summed E-state index contributed by atoms with van der Waals surface area (Å²) in [6.07, 6.45) is 3.18. The summed E-state index contributed by atoms with van der Waals surface area (Å²) in [6, 6.07) is 0.619. The van der Waals surface area contributed by atoms with Gasteiger partial charge in [-0.3, -0.25) is 0 Å². The van der Waals surface area contributed by atoms with Gasteiger partial charge in [0.25, 0.3) is 0 Å². The van der Waals surface area contributed by atoms with Crippen LogP contribution in [0, 0.1) is 11.3 Å². The lowest BCUT2D eigenvalue weighted by atomic mass is 9.76. The maximum Gasteiger partial charge on any atom is 0.317 e. The molecule has 5 nitrogen and oxygen atoms in total. The van der Waals surface area contributed by atoms with Crippen LogP contribution in [0.2, 0.25) is 0 Å². The van der Waals surface area contributed by atoms with E-state index in [2.05, 4.69) is 5.32 Å². The van der Waals surface area contributed by atoms with Gasteiger partial charge in [0.15, 0.2) is 0 Å². The predicted octanol–water partition coefficient (Wildman–Crippen LogP) is 0.278. The number of amides is 2. The molecular formula is C13H23N3O2. The predicted molar refractivity (Wildman–Crippen MR) is 67.9 cm³/mol. The van der Waals surface area contributed by atoms with Crippen LogP contribution in [0.15, 0.2) is 0 Å². The van der Waals surface area contributed by atoms with Crippen LogP contribution >= 0.6 is 0 Å². The summed E-state index contributed by atoms with van der Waals surface area (Å²) in [5, 5.41) is 13.1. The molecule has 0 aromatic carbocycles. The molecule has 102 valence electrons. The summed E-state index contributed by atoms with van der Waals surface area (Å²) in [4.78, 5) is 13.6. The van der Waals surface area contributed by atoms with Crippen LogP contribution in [-0.2, 0) is 0 Å². The van der Waals surface area contributed by atoms with Gasteiger partial charge in [-0.1, -0.05) is 13.8 Å². The number of carbonyl (C=O) groups is 1. The summed E-state index contributed by atoms with van der Waals surface area (Å²) < 4.78 is 0. The lowest BCUT2D eigenvalue weighted by Gasteiger charge is -2.49. The molecule has 1 spiro atoms. The number of hydrogen-bond donors (Lipinski definition) is 3. The highest BCUT2D eigenvalue weighted by Gasteiger charge is 2.60. The van der Waals surface area contributed by atoms with E-state index in [-0.39, 0.29) is 11.9 Å². The first-order valence-electron chi connectivity index (χ1n) is 6.88. The zero-order chi connectivity index (χ0) is 13.1. The third kappa shape index (κ3) is 1.72. The monoisotopic (exact) mass is 253 g/mol. The average Bonchev–Trinajstić information content (AvgIpc) is 2.84. The molecule has 0 aromatic rings. The van der Waals surface area contributed by atoms with Crippen LogP contribution in [0.1, 0.15) is 33.1 Å². The number of rotatable bonds is 2. The Morgan fingerprint density at radius 3 is 2.39 bits per heavy atom. The van der Waals surface area contributed by atoms with Gasteiger partial charge in [0.1, 0.15) is 5.60 Å². The zero-order valence-corrected chi connectivity index (χ0v) is 11.1. The van der Waals surface area contributed by atoms with E-state index in [0.717, 1.165) is 19.3 Å². The second-order valence-corrected chi connectivity index (χ2v) is 6.84. The molecule has 1 saturated heterocycles. The fraction of sp³-hybridized carbons (Fsp3) is 0.923. The van der Waals surface area contributed by atoms with E-state index >= 15 is 0 Å². The van der Waals surface area contributed by atoms with Crippen molar-refractivity contribution < 1.29 is 9.90 Å². The van der Waals surface area contributed by atoms with Crippen LogP contribution in [-0.4, -0.2) is 46.8 Å². The highest BCUT2D eigenvalue weighted by atomic mass is 16.3. The number of nitrogens with zero attached hydrogens (tertiary/aromatic N) is 1. The maximum absolute atomic E-state index is 11.9. The number of likely N-dealkylation sites (tertiary alicyclic amines) is 1. The van der Waals surface area contributed by atoms with Gasteiger partial charge in [0.2, 0.25) is 0 Å². The molecule has 3 fully saturated rings. The molecule has 0 radical (unpaired) electrons. The van der Waals surface area contributed by atoms with Crippen molar-refractivity contribution >= 4 is 6.03 Å². The molecule has 1 atom stereocenters. The molecule has 1 aliphatic heterocycles. The fourth-order valence-corrected chi connectivity index (χ4v) is 3.26. The molecule has 0 bridgehead atoms. The van der Waals surface area contributed by atoms with Crippen LogP contribution in [0.25, 0.3) is 0 Å². The van der Waals surface area contributed by atoms with E-state index in [1.165, 1.54) is 0 Å². The van der Waals surface area contributed by atoms with E-state index in [9.17, 15) is 9.90 Å². The summed E-state index contributed by atoms with van der Waals surface area (Å²) in [5.74, 6) is 0.193. The van der Waals surface area contributed by atoms with Crippen molar-refractivity contribution in [1.82, 2.24) is 10.2 Å². The zero-order valence-electron chi connectivity index (χ0n) is 11.1. The van der Waals surface area contributed by atoms with Crippen molar-refractivity contribution in [2.45, 2.75) is 50.8 Å². The fourth-order valence-electron chi connectivity index (χ4n) is 3.26. The topological polar surface area (TPSA) is 78.6 Å². The second-order valence-electron chi connectivity index (χ2n) is 6.84. The number of nitrogens with one attached hydrogen (secondary N) is 1. The summed E-state index contributed by atoms with van der Waals surface area (Å²) in [6.45, 7) is 4.88. The Morgan fingerprint density at radius 1 is 1.39 bits per heavy atom. The molecule has 5 heteroatoms. The van der Waals surface area contributed by atoms with Gasteiger partial charge in [-0.25, -0.2) is 4.79 Å². The molecule has 0 aromatic heterocycles. The summed E-state index contributed by atoms with van der Waals surface area (Å²) >= 11 is 0. The molecule has 1 heterocycles. The second kappa shape index (κ2) is 3.61. The standard InChI is InChI=1S/C13H23N3O2/c1-8(2)13(18)6-16(7-13)11(17)15-9-3-12(4-9)5-10(12)14/h8-10,18H,3-7,14H2,1-2H3,(H,15,17). The van der Waals surface area contributed by atoms with Crippen molar-refractivity contribution in [3.05, 3.63) is 0 Å². The number of carbonyl (C=O) groups excluding carboxylic acids is 1. The number of nitrogens with two attached hydrogens (primary N) is 1. The highest BCUT2D eigenvalue weighted by molar-refractivity contribution is 5.76. The van der Waals surface area contributed by atoms with Gasteiger partial charge in [-0.2, -0.15) is 0 Å². The Labute approximate surface area is 108 Å². The lowest BCUT2D eigenvalue weighted by Crippen LogP contribution is -2.68.